The Morgan fingerprint density at radius 2 is 1.82 bits per heavy atom. The van der Waals surface area contributed by atoms with Gasteiger partial charge in [-0.2, -0.15) is 4.98 Å². The highest BCUT2D eigenvalue weighted by Crippen LogP contribution is 2.38. The summed E-state index contributed by atoms with van der Waals surface area (Å²) in [6.07, 6.45) is 2.96. The van der Waals surface area contributed by atoms with Gasteiger partial charge in [-0.3, -0.25) is 4.90 Å². The number of nitrogens with one attached hydrogen (secondary N) is 2. The minimum Gasteiger partial charge on any atom is -0.493 e. The average Bonchev–Trinajstić information content (AvgIpc) is 2.74. The van der Waals surface area contributed by atoms with E-state index in [9.17, 15) is 4.39 Å². The molecule has 2 aromatic rings. The number of likely N-dealkylation sites (N-methyl/N-ethyl adjacent to an activating group) is 1. The maximum atomic E-state index is 14.6. The maximum Gasteiger partial charge on any atom is 0.229 e. The molecule has 0 atom stereocenters. The van der Waals surface area contributed by atoms with E-state index < -0.39 is 5.82 Å². The molecule has 1 aromatic carbocycles. The molecule has 0 saturated carbocycles. The van der Waals surface area contributed by atoms with E-state index in [1.807, 2.05) is 37.2 Å². The Hall–Kier alpha value is -2.65. The molecule has 0 bridgehead atoms. The lowest BCUT2D eigenvalue weighted by Crippen LogP contribution is -2.61. The second kappa shape index (κ2) is 10.3. The van der Waals surface area contributed by atoms with Crippen LogP contribution in [0, 0.1) is 5.82 Å². The number of methoxy groups -OCH3 is 1. The smallest absolute Gasteiger partial charge is 0.229 e. The first-order valence-corrected chi connectivity index (χ1v) is 11.7. The summed E-state index contributed by atoms with van der Waals surface area (Å²) in [4.78, 5) is 13.0. The number of nitrogens with zero attached hydrogens (tertiary/aromatic N) is 4. The lowest BCUT2D eigenvalue weighted by molar-refractivity contribution is -0.00778. The molecule has 1 aliphatic heterocycles. The molecule has 0 amide bonds. The Morgan fingerprint density at radius 1 is 1.15 bits per heavy atom. The molecule has 2 heterocycles. The van der Waals surface area contributed by atoms with Crippen molar-refractivity contribution in [3.63, 3.8) is 0 Å². The van der Waals surface area contributed by atoms with Crippen LogP contribution in [0.3, 0.4) is 0 Å². The molecule has 1 aromatic heterocycles. The van der Waals surface area contributed by atoms with Crippen molar-refractivity contribution >= 4 is 17.5 Å². The highest BCUT2D eigenvalue weighted by atomic mass is 19.1. The summed E-state index contributed by atoms with van der Waals surface area (Å²) in [5.74, 6) is 1.29. The molecule has 1 saturated heterocycles. The number of likely N-dealkylation sites (tertiary alicyclic amines) is 1. The fraction of sp³-hybridized carbons (Fsp3) is 0.600. The number of aromatic nitrogens is 2. The fourth-order valence-electron chi connectivity index (χ4n) is 4.53. The third-order valence-corrected chi connectivity index (χ3v) is 6.61. The molecule has 9 heteroatoms. The monoisotopic (exact) mass is 474 g/mol. The van der Waals surface area contributed by atoms with Crippen LogP contribution in [-0.4, -0.2) is 78.3 Å². The summed E-state index contributed by atoms with van der Waals surface area (Å²) < 4.78 is 25.9. The predicted octanol–water partition coefficient (Wildman–Crippen LogP) is 4.37. The second-order valence-electron chi connectivity index (χ2n) is 10.5. The van der Waals surface area contributed by atoms with Crippen LogP contribution < -0.4 is 20.1 Å². The van der Waals surface area contributed by atoms with Gasteiger partial charge >= 0.3 is 0 Å². The van der Waals surface area contributed by atoms with Crippen molar-refractivity contribution in [2.45, 2.75) is 57.7 Å². The van der Waals surface area contributed by atoms with Crippen molar-refractivity contribution in [2.24, 2.45) is 0 Å². The molecule has 188 valence electrons. The van der Waals surface area contributed by atoms with Crippen LogP contribution in [0.1, 0.15) is 40.5 Å². The van der Waals surface area contributed by atoms with E-state index in [1.54, 1.807) is 7.11 Å². The van der Waals surface area contributed by atoms with E-state index in [4.69, 9.17) is 9.47 Å². The summed E-state index contributed by atoms with van der Waals surface area (Å²) >= 11 is 0. The lowest BCUT2D eigenvalue weighted by Gasteiger charge is -2.53. The van der Waals surface area contributed by atoms with Crippen LogP contribution in [0.5, 0.6) is 11.5 Å². The maximum absolute atomic E-state index is 14.6. The van der Waals surface area contributed by atoms with Crippen molar-refractivity contribution in [3.05, 3.63) is 30.2 Å². The molecular formula is C25H39FN6O2. The fourth-order valence-corrected chi connectivity index (χ4v) is 4.53. The third-order valence-electron chi connectivity index (χ3n) is 6.61. The Bertz CT molecular complexity index is 964. The van der Waals surface area contributed by atoms with Gasteiger partial charge in [0.1, 0.15) is 6.61 Å². The first-order valence-electron chi connectivity index (χ1n) is 11.7. The summed E-state index contributed by atoms with van der Waals surface area (Å²) in [6.45, 7) is 10.2. The number of anilines is 3. The van der Waals surface area contributed by atoms with Crippen molar-refractivity contribution in [1.82, 2.24) is 19.8 Å². The molecule has 2 N–H and O–H groups in total. The summed E-state index contributed by atoms with van der Waals surface area (Å²) in [6, 6.07) is 5.59. The molecule has 1 aliphatic rings. The topological polar surface area (TPSA) is 74.8 Å². The SMILES string of the molecule is COc1ccc(Nc2ncc(F)c(NC3CC(C)(C)N(C)C(C)(C)C3)n2)cc1OCCN(C)C. The highest BCUT2D eigenvalue weighted by Gasteiger charge is 2.43. The van der Waals surface area contributed by atoms with Crippen LogP contribution in [0.25, 0.3) is 0 Å². The van der Waals surface area contributed by atoms with E-state index >= 15 is 0 Å². The zero-order valence-corrected chi connectivity index (χ0v) is 21.7. The van der Waals surface area contributed by atoms with Crippen LogP contribution in [0.15, 0.2) is 24.4 Å². The van der Waals surface area contributed by atoms with Gasteiger partial charge in [0, 0.05) is 35.4 Å². The van der Waals surface area contributed by atoms with E-state index in [-0.39, 0.29) is 22.9 Å². The van der Waals surface area contributed by atoms with Crippen LogP contribution in [-0.2, 0) is 0 Å². The molecule has 0 spiro atoms. The summed E-state index contributed by atoms with van der Waals surface area (Å²) in [5.41, 5.74) is 0.686. The van der Waals surface area contributed by atoms with Crippen molar-refractivity contribution in [1.29, 1.82) is 0 Å². The Morgan fingerprint density at radius 3 is 2.44 bits per heavy atom. The Labute approximate surface area is 202 Å². The van der Waals surface area contributed by atoms with E-state index in [2.05, 4.69) is 60.2 Å². The van der Waals surface area contributed by atoms with E-state index in [0.717, 1.165) is 25.1 Å². The van der Waals surface area contributed by atoms with Crippen molar-refractivity contribution < 1.29 is 13.9 Å². The minimum atomic E-state index is -0.470. The molecule has 8 nitrogen and oxygen atoms in total. The zero-order chi connectivity index (χ0) is 25.1. The summed E-state index contributed by atoms with van der Waals surface area (Å²) in [7, 11) is 7.73. The molecule has 0 aliphatic carbocycles. The summed E-state index contributed by atoms with van der Waals surface area (Å²) in [5, 5.41) is 6.49. The van der Waals surface area contributed by atoms with Gasteiger partial charge in [0.2, 0.25) is 5.95 Å². The molecule has 0 radical (unpaired) electrons. The first-order chi connectivity index (χ1) is 15.9. The van der Waals surface area contributed by atoms with E-state index in [1.165, 1.54) is 6.20 Å². The van der Waals surface area contributed by atoms with Gasteiger partial charge in [0.05, 0.1) is 13.3 Å². The van der Waals surface area contributed by atoms with Gasteiger partial charge < -0.3 is 25.0 Å². The van der Waals surface area contributed by atoms with Crippen LogP contribution in [0.2, 0.25) is 0 Å². The molecular weight excluding hydrogens is 435 g/mol. The number of piperidine rings is 1. The number of rotatable bonds is 9. The van der Waals surface area contributed by atoms with Gasteiger partial charge in [-0.1, -0.05) is 0 Å². The Kier molecular flexibility index (Phi) is 7.88. The number of hydrogen-bond donors (Lipinski definition) is 2. The zero-order valence-electron chi connectivity index (χ0n) is 21.7. The number of benzene rings is 1. The van der Waals surface area contributed by atoms with Gasteiger partial charge in [-0.25, -0.2) is 9.37 Å². The largest absolute Gasteiger partial charge is 0.493 e. The number of ether oxygens (including phenoxy) is 2. The number of hydrogen-bond acceptors (Lipinski definition) is 8. The minimum absolute atomic E-state index is 0.0178. The Balaban J connectivity index is 1.75. The van der Waals surface area contributed by atoms with E-state index in [0.29, 0.717) is 24.1 Å². The highest BCUT2D eigenvalue weighted by molar-refractivity contribution is 5.60. The van der Waals surface area contributed by atoms with Crippen LogP contribution >= 0.6 is 0 Å². The van der Waals surface area contributed by atoms with Gasteiger partial charge in [0.15, 0.2) is 23.1 Å². The standard InChI is InChI=1S/C25H39FN6O2/c1-24(2)14-18(15-25(3,4)32(24)7)28-22-19(26)16-27-23(30-22)29-17-9-10-20(33-8)21(13-17)34-12-11-31(5)6/h9-10,13,16,18H,11-12,14-15H2,1-8H3,(H2,27,28,29,30). The van der Waals surface area contributed by atoms with Gasteiger partial charge in [-0.15, -0.1) is 0 Å². The van der Waals surface area contributed by atoms with Gasteiger partial charge in [0.25, 0.3) is 0 Å². The lowest BCUT2D eigenvalue weighted by atomic mass is 9.77. The van der Waals surface area contributed by atoms with Crippen molar-refractivity contribution in [3.8, 4) is 11.5 Å². The molecule has 3 rings (SSSR count). The third kappa shape index (κ3) is 6.27. The predicted molar refractivity (Wildman–Crippen MR) is 135 cm³/mol. The number of halogens is 1. The van der Waals surface area contributed by atoms with Crippen molar-refractivity contribution in [2.75, 3.05) is 52.0 Å². The quantitative estimate of drug-likeness (QED) is 0.555. The molecule has 0 unspecified atom stereocenters. The van der Waals surface area contributed by atoms with Crippen LogP contribution in [0.4, 0.5) is 21.8 Å². The second-order valence-corrected chi connectivity index (χ2v) is 10.5. The molecule has 34 heavy (non-hydrogen) atoms. The van der Waals surface area contributed by atoms with Gasteiger partial charge in [-0.05, 0) is 73.8 Å². The first kappa shape index (κ1) is 26.0. The normalized spacial score (nSPS) is 18.1. The molecule has 1 fully saturated rings. The average molecular weight is 475 g/mol.